The molecule has 0 spiro atoms. The fourth-order valence-corrected chi connectivity index (χ4v) is 1.89. The quantitative estimate of drug-likeness (QED) is 0.534. The van der Waals surface area contributed by atoms with Crippen LogP contribution in [0.15, 0.2) is 0 Å². The number of rotatable bonds is 11. The van der Waals surface area contributed by atoms with Gasteiger partial charge in [-0.1, -0.05) is 46.0 Å². The van der Waals surface area contributed by atoms with E-state index >= 15 is 0 Å². The predicted molar refractivity (Wildman–Crippen MR) is 67.3 cm³/mol. The summed E-state index contributed by atoms with van der Waals surface area (Å²) in [7, 11) is 1.78. The molecular formula is C13H29NO. The van der Waals surface area contributed by atoms with Gasteiger partial charge in [0.15, 0.2) is 0 Å². The Hall–Kier alpha value is -0.0800. The molecule has 0 aliphatic rings. The van der Waals surface area contributed by atoms with Gasteiger partial charge in [0.1, 0.15) is 0 Å². The van der Waals surface area contributed by atoms with E-state index < -0.39 is 0 Å². The maximum Gasteiger partial charge on any atom is 0.0477 e. The van der Waals surface area contributed by atoms with Crippen LogP contribution >= 0.6 is 0 Å². The van der Waals surface area contributed by atoms with Crippen LogP contribution in [0, 0.1) is 0 Å². The first-order chi connectivity index (χ1) is 7.35. The largest absolute Gasteiger partial charge is 0.385 e. The number of nitrogens with one attached hydrogen (secondary N) is 1. The fourth-order valence-electron chi connectivity index (χ4n) is 1.89. The molecule has 0 aromatic carbocycles. The number of methoxy groups -OCH3 is 1. The summed E-state index contributed by atoms with van der Waals surface area (Å²) in [6, 6.07) is 0.663. The monoisotopic (exact) mass is 215 g/mol. The van der Waals surface area contributed by atoms with Crippen LogP contribution in [0.3, 0.4) is 0 Å². The van der Waals surface area contributed by atoms with Crippen LogP contribution in [-0.2, 0) is 4.74 Å². The molecule has 1 unspecified atom stereocenters. The second-order valence-electron chi connectivity index (χ2n) is 4.24. The first-order valence-electron chi connectivity index (χ1n) is 6.57. The summed E-state index contributed by atoms with van der Waals surface area (Å²) in [5.74, 6) is 0. The smallest absolute Gasteiger partial charge is 0.0477 e. The molecule has 15 heavy (non-hydrogen) atoms. The highest BCUT2D eigenvalue weighted by Gasteiger charge is 2.05. The summed E-state index contributed by atoms with van der Waals surface area (Å²) in [5, 5.41) is 3.53. The standard InChI is InChI=1S/C13H29NO/c1-4-6-7-8-9-10-13(14-5-2)11-12-15-3/h13-14H,4-12H2,1-3H3. The molecule has 1 N–H and O–H groups in total. The highest BCUT2D eigenvalue weighted by atomic mass is 16.5. The lowest BCUT2D eigenvalue weighted by atomic mass is 10.0. The van der Waals surface area contributed by atoms with E-state index in [0.717, 1.165) is 19.6 Å². The Labute approximate surface area is 95.8 Å². The zero-order chi connectivity index (χ0) is 11.4. The zero-order valence-electron chi connectivity index (χ0n) is 10.8. The van der Waals surface area contributed by atoms with Crippen molar-refractivity contribution in [1.29, 1.82) is 0 Å². The van der Waals surface area contributed by atoms with E-state index in [-0.39, 0.29) is 0 Å². The van der Waals surface area contributed by atoms with Gasteiger partial charge in [-0.15, -0.1) is 0 Å². The predicted octanol–water partition coefficient (Wildman–Crippen LogP) is 3.36. The molecule has 1 atom stereocenters. The summed E-state index contributed by atoms with van der Waals surface area (Å²) < 4.78 is 5.12. The van der Waals surface area contributed by atoms with Gasteiger partial charge in [0.25, 0.3) is 0 Å². The minimum atomic E-state index is 0.663. The first kappa shape index (κ1) is 14.9. The molecule has 0 rings (SSSR count). The van der Waals surface area contributed by atoms with Crippen LogP contribution < -0.4 is 5.32 Å². The van der Waals surface area contributed by atoms with Crippen molar-refractivity contribution < 1.29 is 4.74 Å². The molecule has 2 heteroatoms. The van der Waals surface area contributed by atoms with Crippen LogP contribution in [0.2, 0.25) is 0 Å². The van der Waals surface area contributed by atoms with Crippen LogP contribution in [0.1, 0.15) is 58.8 Å². The summed E-state index contributed by atoms with van der Waals surface area (Å²) in [6.07, 6.45) is 9.34. The third-order valence-electron chi connectivity index (χ3n) is 2.82. The molecule has 0 radical (unpaired) electrons. The molecule has 0 aliphatic heterocycles. The molecular weight excluding hydrogens is 186 g/mol. The third kappa shape index (κ3) is 10.2. The highest BCUT2D eigenvalue weighted by Crippen LogP contribution is 2.09. The molecule has 0 amide bonds. The molecule has 0 aromatic rings. The average molecular weight is 215 g/mol. The number of unbranched alkanes of at least 4 members (excludes halogenated alkanes) is 4. The Morgan fingerprint density at radius 2 is 1.73 bits per heavy atom. The van der Waals surface area contributed by atoms with Gasteiger partial charge in [0, 0.05) is 19.8 Å². The van der Waals surface area contributed by atoms with Crippen LogP contribution in [0.25, 0.3) is 0 Å². The molecule has 92 valence electrons. The zero-order valence-corrected chi connectivity index (χ0v) is 10.8. The van der Waals surface area contributed by atoms with Gasteiger partial charge in [-0.25, -0.2) is 0 Å². The third-order valence-corrected chi connectivity index (χ3v) is 2.82. The summed E-state index contributed by atoms with van der Waals surface area (Å²) in [4.78, 5) is 0. The van der Waals surface area contributed by atoms with Gasteiger partial charge in [-0.05, 0) is 19.4 Å². The Balaban J connectivity index is 3.38. The van der Waals surface area contributed by atoms with Crippen molar-refractivity contribution in [2.45, 2.75) is 64.8 Å². The van der Waals surface area contributed by atoms with E-state index in [0.29, 0.717) is 6.04 Å². The number of hydrogen-bond donors (Lipinski definition) is 1. The maximum absolute atomic E-state index is 5.12. The molecule has 2 nitrogen and oxygen atoms in total. The fraction of sp³-hybridized carbons (Fsp3) is 1.00. The molecule has 0 fully saturated rings. The molecule has 0 aliphatic carbocycles. The van der Waals surface area contributed by atoms with Crippen LogP contribution in [-0.4, -0.2) is 26.3 Å². The summed E-state index contributed by atoms with van der Waals surface area (Å²) in [6.45, 7) is 6.40. The van der Waals surface area contributed by atoms with Crippen molar-refractivity contribution in [1.82, 2.24) is 5.32 Å². The van der Waals surface area contributed by atoms with E-state index in [9.17, 15) is 0 Å². The van der Waals surface area contributed by atoms with E-state index in [2.05, 4.69) is 19.2 Å². The van der Waals surface area contributed by atoms with Gasteiger partial charge in [-0.2, -0.15) is 0 Å². The van der Waals surface area contributed by atoms with Crippen molar-refractivity contribution in [3.63, 3.8) is 0 Å². The summed E-state index contributed by atoms with van der Waals surface area (Å²) in [5.41, 5.74) is 0. The second kappa shape index (κ2) is 12.0. The topological polar surface area (TPSA) is 21.3 Å². The number of hydrogen-bond acceptors (Lipinski definition) is 2. The van der Waals surface area contributed by atoms with E-state index in [1.807, 2.05) is 0 Å². The first-order valence-corrected chi connectivity index (χ1v) is 6.57. The van der Waals surface area contributed by atoms with Crippen LogP contribution in [0.4, 0.5) is 0 Å². The molecule has 0 saturated carbocycles. The Morgan fingerprint density at radius 3 is 2.33 bits per heavy atom. The highest BCUT2D eigenvalue weighted by molar-refractivity contribution is 4.65. The normalized spacial score (nSPS) is 13.0. The second-order valence-corrected chi connectivity index (χ2v) is 4.24. The minimum Gasteiger partial charge on any atom is -0.385 e. The summed E-state index contributed by atoms with van der Waals surface area (Å²) >= 11 is 0. The van der Waals surface area contributed by atoms with Crippen molar-refractivity contribution in [2.75, 3.05) is 20.3 Å². The SMILES string of the molecule is CCCCCCCC(CCOC)NCC. The van der Waals surface area contributed by atoms with Crippen molar-refractivity contribution in [3.05, 3.63) is 0 Å². The Bertz CT molecular complexity index is 117. The van der Waals surface area contributed by atoms with Crippen molar-refractivity contribution >= 4 is 0 Å². The minimum absolute atomic E-state index is 0.663. The maximum atomic E-state index is 5.12. The van der Waals surface area contributed by atoms with E-state index in [4.69, 9.17) is 4.74 Å². The van der Waals surface area contributed by atoms with E-state index in [1.54, 1.807) is 7.11 Å². The molecule has 0 aromatic heterocycles. The van der Waals surface area contributed by atoms with Gasteiger partial charge >= 0.3 is 0 Å². The van der Waals surface area contributed by atoms with Gasteiger partial charge in [-0.3, -0.25) is 0 Å². The molecule has 0 saturated heterocycles. The molecule has 0 heterocycles. The lowest BCUT2D eigenvalue weighted by molar-refractivity contribution is 0.180. The van der Waals surface area contributed by atoms with Gasteiger partial charge in [0.2, 0.25) is 0 Å². The Kier molecular flexibility index (Phi) is 11.9. The number of ether oxygens (including phenoxy) is 1. The lowest BCUT2D eigenvalue weighted by Crippen LogP contribution is -2.29. The lowest BCUT2D eigenvalue weighted by Gasteiger charge is -2.17. The van der Waals surface area contributed by atoms with Crippen molar-refractivity contribution in [3.8, 4) is 0 Å². The molecule has 0 bridgehead atoms. The van der Waals surface area contributed by atoms with E-state index in [1.165, 1.54) is 38.5 Å². The van der Waals surface area contributed by atoms with Gasteiger partial charge in [0.05, 0.1) is 0 Å². The van der Waals surface area contributed by atoms with Crippen LogP contribution in [0.5, 0.6) is 0 Å². The van der Waals surface area contributed by atoms with Crippen molar-refractivity contribution in [2.24, 2.45) is 0 Å². The Morgan fingerprint density at radius 1 is 1.00 bits per heavy atom. The van der Waals surface area contributed by atoms with Gasteiger partial charge < -0.3 is 10.1 Å². The average Bonchev–Trinajstić information content (AvgIpc) is 2.25.